The van der Waals surface area contributed by atoms with E-state index in [9.17, 15) is 9.18 Å². The highest BCUT2D eigenvalue weighted by atomic mass is 32.1. The third kappa shape index (κ3) is 4.13. The summed E-state index contributed by atoms with van der Waals surface area (Å²) in [4.78, 5) is 21.7. The minimum atomic E-state index is -0.470. The quantitative estimate of drug-likeness (QED) is 0.472. The second-order valence-electron chi connectivity index (χ2n) is 6.59. The molecule has 0 saturated carbocycles. The molecule has 0 aliphatic heterocycles. The van der Waals surface area contributed by atoms with Crippen LogP contribution in [0.15, 0.2) is 55.1 Å². The molecule has 0 atom stereocenters. The standard InChI is InChI=1S/C22H19FN4O3S/c1-13-20(31-22(25-13)14-4-7-18(29-2)19(10-14)30-3)21(28)26-15-5-6-17(16(23)11-15)27-9-8-24-12-27/h4-12H,1-3H3,(H,26,28). The van der Waals surface area contributed by atoms with Gasteiger partial charge >= 0.3 is 0 Å². The summed E-state index contributed by atoms with van der Waals surface area (Å²) in [6.07, 6.45) is 4.72. The second kappa shape index (κ2) is 8.57. The SMILES string of the molecule is COc1ccc(-c2nc(C)c(C(=O)Nc3ccc(-n4ccnc4)c(F)c3)s2)cc1OC. The molecule has 1 N–H and O–H groups in total. The van der Waals surface area contributed by atoms with Crippen LogP contribution in [0.2, 0.25) is 0 Å². The lowest BCUT2D eigenvalue weighted by atomic mass is 10.2. The monoisotopic (exact) mass is 438 g/mol. The van der Waals surface area contributed by atoms with Gasteiger partial charge in [-0.1, -0.05) is 0 Å². The number of benzene rings is 2. The van der Waals surface area contributed by atoms with Crippen LogP contribution in [0, 0.1) is 12.7 Å². The maximum absolute atomic E-state index is 14.5. The molecule has 31 heavy (non-hydrogen) atoms. The smallest absolute Gasteiger partial charge is 0.267 e. The fraction of sp³-hybridized carbons (Fsp3) is 0.136. The van der Waals surface area contributed by atoms with Crippen molar-refractivity contribution in [1.29, 1.82) is 0 Å². The Hall–Kier alpha value is -3.72. The molecule has 2 heterocycles. The summed E-state index contributed by atoms with van der Waals surface area (Å²) in [6.45, 7) is 1.76. The molecule has 4 rings (SSSR count). The lowest BCUT2D eigenvalue weighted by Crippen LogP contribution is -2.12. The number of aryl methyl sites for hydroxylation is 1. The zero-order valence-electron chi connectivity index (χ0n) is 17.0. The lowest BCUT2D eigenvalue weighted by Gasteiger charge is -2.08. The van der Waals surface area contributed by atoms with Gasteiger partial charge in [0.1, 0.15) is 15.7 Å². The molecule has 2 aromatic carbocycles. The van der Waals surface area contributed by atoms with Crippen molar-refractivity contribution < 1.29 is 18.7 Å². The number of nitrogens with zero attached hydrogens (tertiary/aromatic N) is 3. The average Bonchev–Trinajstić information content (AvgIpc) is 3.43. The van der Waals surface area contributed by atoms with Crippen LogP contribution in [0.4, 0.5) is 10.1 Å². The number of nitrogens with one attached hydrogen (secondary N) is 1. The largest absolute Gasteiger partial charge is 0.493 e. The molecule has 0 bridgehead atoms. The van der Waals surface area contributed by atoms with Crippen LogP contribution in [0.5, 0.6) is 11.5 Å². The summed E-state index contributed by atoms with van der Waals surface area (Å²) in [6, 6.07) is 9.95. The summed E-state index contributed by atoms with van der Waals surface area (Å²) >= 11 is 1.25. The molecule has 9 heteroatoms. The average molecular weight is 438 g/mol. The molecule has 4 aromatic rings. The minimum Gasteiger partial charge on any atom is -0.493 e. The number of carbonyl (C=O) groups excluding carboxylic acids is 1. The summed E-state index contributed by atoms with van der Waals surface area (Å²) in [5.41, 5.74) is 2.09. The Balaban J connectivity index is 1.56. The van der Waals surface area contributed by atoms with Gasteiger partial charge in [0, 0.05) is 23.6 Å². The molecule has 0 saturated heterocycles. The molecule has 0 aliphatic carbocycles. The molecular formula is C22H19FN4O3S. The van der Waals surface area contributed by atoms with Gasteiger partial charge in [0.2, 0.25) is 0 Å². The first-order valence-electron chi connectivity index (χ1n) is 9.29. The number of anilines is 1. The Kier molecular flexibility index (Phi) is 5.68. The van der Waals surface area contributed by atoms with Crippen LogP contribution in [-0.2, 0) is 0 Å². The van der Waals surface area contributed by atoms with Crippen LogP contribution in [0.25, 0.3) is 16.3 Å². The summed E-state index contributed by atoms with van der Waals surface area (Å²) < 4.78 is 26.6. The highest BCUT2D eigenvalue weighted by Crippen LogP contribution is 2.35. The van der Waals surface area contributed by atoms with E-state index >= 15 is 0 Å². The number of methoxy groups -OCH3 is 2. The maximum Gasteiger partial charge on any atom is 0.267 e. The lowest BCUT2D eigenvalue weighted by molar-refractivity contribution is 0.103. The zero-order chi connectivity index (χ0) is 22.0. The van der Waals surface area contributed by atoms with Crippen LogP contribution < -0.4 is 14.8 Å². The van der Waals surface area contributed by atoms with E-state index in [2.05, 4.69) is 15.3 Å². The van der Waals surface area contributed by atoms with E-state index < -0.39 is 5.82 Å². The van der Waals surface area contributed by atoms with Crippen molar-refractivity contribution in [3.63, 3.8) is 0 Å². The van der Waals surface area contributed by atoms with Crippen LogP contribution in [-0.4, -0.2) is 34.7 Å². The number of amides is 1. The van der Waals surface area contributed by atoms with Gasteiger partial charge in [-0.25, -0.2) is 14.4 Å². The van der Waals surface area contributed by atoms with Gasteiger partial charge in [0.25, 0.3) is 5.91 Å². The predicted octanol–water partition coefficient (Wildman–Crippen LogP) is 4.71. The molecule has 2 aromatic heterocycles. The molecule has 0 unspecified atom stereocenters. The predicted molar refractivity (Wildman–Crippen MR) is 117 cm³/mol. The number of carbonyl (C=O) groups is 1. The van der Waals surface area contributed by atoms with E-state index in [0.29, 0.717) is 38.5 Å². The fourth-order valence-corrected chi connectivity index (χ4v) is 4.04. The summed E-state index contributed by atoms with van der Waals surface area (Å²) in [7, 11) is 3.13. The number of thiazole rings is 1. The van der Waals surface area contributed by atoms with E-state index in [1.54, 1.807) is 56.3 Å². The topological polar surface area (TPSA) is 78.3 Å². The number of imidazole rings is 1. The first-order valence-corrected chi connectivity index (χ1v) is 10.1. The van der Waals surface area contributed by atoms with Gasteiger partial charge in [0.15, 0.2) is 11.5 Å². The Morgan fingerprint density at radius 1 is 1.13 bits per heavy atom. The number of ether oxygens (including phenoxy) is 2. The second-order valence-corrected chi connectivity index (χ2v) is 7.59. The fourth-order valence-electron chi connectivity index (χ4n) is 3.08. The summed E-state index contributed by atoms with van der Waals surface area (Å²) in [5.74, 6) is 0.366. The van der Waals surface area contributed by atoms with Crippen LogP contribution in [0.3, 0.4) is 0 Å². The number of halogens is 1. The van der Waals surface area contributed by atoms with Crippen LogP contribution in [0.1, 0.15) is 15.4 Å². The molecule has 0 aliphatic rings. The number of hydrogen-bond donors (Lipinski definition) is 1. The van der Waals surface area contributed by atoms with Crippen molar-refractivity contribution in [1.82, 2.24) is 14.5 Å². The molecule has 1 amide bonds. The molecule has 0 fully saturated rings. The van der Waals surface area contributed by atoms with Gasteiger partial charge in [-0.2, -0.15) is 0 Å². The van der Waals surface area contributed by atoms with E-state index in [0.717, 1.165) is 5.56 Å². The normalized spacial score (nSPS) is 10.7. The Morgan fingerprint density at radius 3 is 2.61 bits per heavy atom. The third-order valence-corrected chi connectivity index (χ3v) is 5.83. The number of hydrogen-bond acceptors (Lipinski definition) is 6. The van der Waals surface area contributed by atoms with Crippen molar-refractivity contribution in [2.24, 2.45) is 0 Å². The van der Waals surface area contributed by atoms with Crippen LogP contribution >= 0.6 is 11.3 Å². The Labute approximate surface area is 182 Å². The number of aromatic nitrogens is 3. The van der Waals surface area contributed by atoms with Gasteiger partial charge in [-0.15, -0.1) is 11.3 Å². The first-order chi connectivity index (χ1) is 15.0. The van der Waals surface area contributed by atoms with Crippen molar-refractivity contribution in [3.8, 4) is 27.8 Å². The van der Waals surface area contributed by atoms with Crippen molar-refractivity contribution in [3.05, 3.63) is 71.5 Å². The Bertz CT molecular complexity index is 1240. The van der Waals surface area contributed by atoms with Gasteiger partial charge in [0.05, 0.1) is 31.9 Å². The van der Waals surface area contributed by atoms with Gasteiger partial charge < -0.3 is 19.4 Å². The molecule has 0 spiro atoms. The van der Waals surface area contributed by atoms with E-state index in [1.807, 2.05) is 12.1 Å². The van der Waals surface area contributed by atoms with Crippen molar-refractivity contribution in [2.75, 3.05) is 19.5 Å². The Morgan fingerprint density at radius 2 is 1.94 bits per heavy atom. The highest BCUT2D eigenvalue weighted by Gasteiger charge is 2.18. The van der Waals surface area contributed by atoms with Gasteiger partial charge in [-0.3, -0.25) is 4.79 Å². The highest BCUT2D eigenvalue weighted by molar-refractivity contribution is 7.17. The zero-order valence-corrected chi connectivity index (χ0v) is 17.9. The van der Waals surface area contributed by atoms with Crippen molar-refractivity contribution >= 4 is 22.9 Å². The third-order valence-electron chi connectivity index (χ3n) is 4.62. The van der Waals surface area contributed by atoms with E-state index in [4.69, 9.17) is 9.47 Å². The number of rotatable bonds is 6. The van der Waals surface area contributed by atoms with Gasteiger partial charge in [-0.05, 0) is 43.3 Å². The summed E-state index contributed by atoms with van der Waals surface area (Å²) in [5, 5.41) is 3.41. The maximum atomic E-state index is 14.5. The molecular weight excluding hydrogens is 419 g/mol. The molecule has 158 valence electrons. The van der Waals surface area contributed by atoms with E-state index in [1.165, 1.54) is 23.7 Å². The van der Waals surface area contributed by atoms with Crippen molar-refractivity contribution in [2.45, 2.75) is 6.92 Å². The van der Waals surface area contributed by atoms with E-state index in [-0.39, 0.29) is 5.91 Å². The molecule has 0 radical (unpaired) electrons. The molecule has 7 nitrogen and oxygen atoms in total. The first kappa shape index (κ1) is 20.5. The minimum absolute atomic E-state index is 0.347.